The number of aldehydes is 1. The Morgan fingerprint density at radius 2 is 2.22 bits per heavy atom. The van der Waals surface area contributed by atoms with E-state index in [1.54, 1.807) is 6.07 Å². The fourth-order valence-corrected chi connectivity index (χ4v) is 3.64. The van der Waals surface area contributed by atoms with Crippen LogP contribution in [0.1, 0.15) is 10.4 Å². The summed E-state index contributed by atoms with van der Waals surface area (Å²) in [5, 5.41) is 4.22. The maximum atomic E-state index is 12.1. The topological polar surface area (TPSA) is 75.4 Å². The maximum absolute atomic E-state index is 12.1. The summed E-state index contributed by atoms with van der Waals surface area (Å²) in [6.07, 6.45) is 0.775. The first kappa shape index (κ1) is 13.9. The molecule has 1 unspecified atom stereocenters. The average Bonchev–Trinajstić information content (AvgIpc) is 2.33. The van der Waals surface area contributed by atoms with E-state index in [0.29, 0.717) is 11.3 Å². The van der Waals surface area contributed by atoms with Gasteiger partial charge in [-0.1, -0.05) is 15.9 Å². The highest BCUT2D eigenvalue weighted by molar-refractivity contribution is 9.11. The Hall–Kier alpha value is -0.570. The number of anilines is 1. The van der Waals surface area contributed by atoms with Crippen molar-refractivity contribution in [1.82, 2.24) is 5.01 Å². The second kappa shape index (κ2) is 5.60. The number of carbonyl (C=O) groups is 2. The van der Waals surface area contributed by atoms with Gasteiger partial charge < -0.3 is 10.1 Å². The van der Waals surface area contributed by atoms with Gasteiger partial charge in [-0.25, -0.2) is 10.9 Å². The van der Waals surface area contributed by atoms with Crippen LogP contribution >= 0.6 is 43.6 Å². The van der Waals surface area contributed by atoms with Crippen LogP contribution in [0.3, 0.4) is 0 Å². The van der Waals surface area contributed by atoms with E-state index in [1.807, 2.05) is 6.07 Å². The van der Waals surface area contributed by atoms with Gasteiger partial charge in [0.1, 0.15) is 6.29 Å². The minimum atomic E-state index is -0.451. The van der Waals surface area contributed by atoms with Crippen LogP contribution in [0.4, 0.5) is 5.69 Å². The number of carbonyl (C=O) groups excluding carboxylic acids is 2. The summed E-state index contributed by atoms with van der Waals surface area (Å²) in [4.78, 5) is 22.5. The van der Waals surface area contributed by atoms with Crippen LogP contribution in [0.15, 0.2) is 21.1 Å². The number of benzene rings is 1. The third-order valence-electron chi connectivity index (χ3n) is 2.36. The molecule has 3 N–H and O–H groups in total. The number of hydrazine groups is 1. The van der Waals surface area contributed by atoms with Crippen molar-refractivity contribution in [3.05, 3.63) is 26.6 Å². The summed E-state index contributed by atoms with van der Waals surface area (Å²) < 4.78 is 1.56. The summed E-state index contributed by atoms with van der Waals surface area (Å²) in [6.45, 7) is 0. The first-order valence-electron chi connectivity index (χ1n) is 4.93. The van der Waals surface area contributed by atoms with E-state index in [2.05, 4.69) is 37.2 Å². The van der Waals surface area contributed by atoms with E-state index in [0.717, 1.165) is 20.2 Å². The van der Waals surface area contributed by atoms with Gasteiger partial charge in [0.2, 0.25) is 0 Å². The largest absolute Gasteiger partial charge is 0.354 e. The number of nitrogens with two attached hydrogens (primary N) is 1. The number of hydrogen-bond acceptors (Lipinski definition) is 5. The summed E-state index contributed by atoms with van der Waals surface area (Å²) in [5.74, 6) is 5.71. The molecule has 1 aromatic rings. The normalized spacial score (nSPS) is 18.3. The van der Waals surface area contributed by atoms with Crippen LogP contribution in [0, 0.1) is 0 Å². The average molecular weight is 395 g/mol. The Morgan fingerprint density at radius 1 is 1.50 bits per heavy atom. The predicted octanol–water partition coefficient (Wildman–Crippen LogP) is 2.17. The van der Waals surface area contributed by atoms with E-state index in [-0.39, 0.29) is 11.7 Å². The lowest BCUT2D eigenvalue weighted by atomic mass is 10.1. The third-order valence-corrected chi connectivity index (χ3v) is 4.44. The molecule has 0 aromatic heterocycles. The van der Waals surface area contributed by atoms with Gasteiger partial charge in [0.25, 0.3) is 5.91 Å². The van der Waals surface area contributed by atoms with Crippen LogP contribution in [0.5, 0.6) is 0 Å². The van der Waals surface area contributed by atoms with E-state index in [9.17, 15) is 9.59 Å². The van der Waals surface area contributed by atoms with Crippen LogP contribution < -0.4 is 11.2 Å². The molecule has 1 amide bonds. The van der Waals surface area contributed by atoms with Crippen LogP contribution in [0.25, 0.3) is 0 Å². The van der Waals surface area contributed by atoms with Crippen molar-refractivity contribution in [2.45, 2.75) is 5.50 Å². The Labute approximate surface area is 125 Å². The molecule has 1 aliphatic rings. The van der Waals surface area contributed by atoms with Gasteiger partial charge in [0, 0.05) is 8.95 Å². The van der Waals surface area contributed by atoms with Gasteiger partial charge in [-0.3, -0.25) is 4.79 Å². The zero-order valence-electron chi connectivity index (χ0n) is 9.02. The number of nitrogens with one attached hydrogen (secondary N) is 1. The fourth-order valence-electron chi connectivity index (χ4n) is 1.58. The number of fused-ring (bicyclic) bond motifs is 1. The Morgan fingerprint density at radius 3 is 2.89 bits per heavy atom. The number of rotatable bonds is 3. The van der Waals surface area contributed by atoms with Crippen LogP contribution in [-0.4, -0.2) is 28.5 Å². The quantitative estimate of drug-likeness (QED) is 0.466. The molecule has 1 heterocycles. The summed E-state index contributed by atoms with van der Waals surface area (Å²) >= 11 is 7.97. The molecule has 0 aliphatic carbocycles. The van der Waals surface area contributed by atoms with E-state index in [4.69, 9.17) is 5.84 Å². The standard InChI is InChI=1S/C10H9Br2N3O2S/c11-5-3-6-8(7(12)4-5)14-10(18-2-1-16)15(13)9(6)17/h1,3-4,10,14H,2,13H2. The Kier molecular flexibility index (Phi) is 4.31. The van der Waals surface area contributed by atoms with Crippen molar-refractivity contribution in [2.24, 2.45) is 5.84 Å². The predicted molar refractivity (Wildman–Crippen MR) is 78.1 cm³/mol. The molecule has 0 spiro atoms. The fraction of sp³-hybridized carbons (Fsp3) is 0.200. The molecule has 5 nitrogen and oxygen atoms in total. The zero-order chi connectivity index (χ0) is 13.3. The molecular weight excluding hydrogens is 386 g/mol. The molecule has 18 heavy (non-hydrogen) atoms. The lowest BCUT2D eigenvalue weighted by Gasteiger charge is -2.34. The van der Waals surface area contributed by atoms with Gasteiger partial charge in [0.05, 0.1) is 17.0 Å². The van der Waals surface area contributed by atoms with Crippen molar-refractivity contribution in [1.29, 1.82) is 0 Å². The number of hydrogen-bond donors (Lipinski definition) is 2. The van der Waals surface area contributed by atoms with E-state index < -0.39 is 5.50 Å². The smallest absolute Gasteiger partial charge is 0.272 e. The molecule has 0 radical (unpaired) electrons. The molecule has 0 saturated carbocycles. The van der Waals surface area contributed by atoms with E-state index in [1.165, 1.54) is 11.8 Å². The second-order valence-electron chi connectivity index (χ2n) is 3.52. The lowest BCUT2D eigenvalue weighted by Crippen LogP contribution is -2.51. The van der Waals surface area contributed by atoms with Gasteiger partial charge in [-0.2, -0.15) is 0 Å². The van der Waals surface area contributed by atoms with Crippen molar-refractivity contribution in [3.8, 4) is 0 Å². The molecular formula is C10H9Br2N3O2S. The molecule has 0 bridgehead atoms. The number of amides is 1. The van der Waals surface area contributed by atoms with Crippen LogP contribution in [0.2, 0.25) is 0 Å². The molecule has 0 fully saturated rings. The van der Waals surface area contributed by atoms with Crippen molar-refractivity contribution in [2.75, 3.05) is 11.1 Å². The molecule has 0 saturated heterocycles. The molecule has 1 aromatic carbocycles. The minimum Gasteiger partial charge on any atom is -0.354 e. The van der Waals surface area contributed by atoms with Crippen LogP contribution in [-0.2, 0) is 4.79 Å². The number of halogens is 2. The first-order valence-corrected chi connectivity index (χ1v) is 7.57. The molecule has 1 atom stereocenters. The van der Waals surface area contributed by atoms with Gasteiger partial charge in [-0.05, 0) is 28.1 Å². The molecule has 1 aliphatic heterocycles. The van der Waals surface area contributed by atoms with Gasteiger partial charge >= 0.3 is 0 Å². The SMILES string of the molecule is NN1C(=O)c2cc(Br)cc(Br)c2NC1SCC=O. The highest BCUT2D eigenvalue weighted by atomic mass is 79.9. The Balaban J connectivity index is 2.38. The molecule has 8 heteroatoms. The van der Waals surface area contributed by atoms with Gasteiger partial charge in [-0.15, -0.1) is 11.8 Å². The van der Waals surface area contributed by atoms with Gasteiger partial charge in [0.15, 0.2) is 5.50 Å². The number of nitrogens with zero attached hydrogens (tertiary/aromatic N) is 1. The Bertz CT molecular complexity index is 512. The number of thioether (sulfide) groups is 1. The monoisotopic (exact) mass is 393 g/mol. The van der Waals surface area contributed by atoms with Crippen molar-refractivity contribution >= 4 is 61.5 Å². The zero-order valence-corrected chi connectivity index (χ0v) is 13.0. The van der Waals surface area contributed by atoms with Crippen molar-refractivity contribution in [3.63, 3.8) is 0 Å². The third kappa shape index (κ3) is 2.56. The minimum absolute atomic E-state index is 0.266. The first-order chi connectivity index (χ1) is 8.54. The highest BCUT2D eigenvalue weighted by Gasteiger charge is 2.31. The second-order valence-corrected chi connectivity index (χ2v) is 6.40. The molecule has 96 valence electrons. The van der Waals surface area contributed by atoms with E-state index >= 15 is 0 Å². The summed E-state index contributed by atoms with van der Waals surface area (Å²) in [7, 11) is 0. The summed E-state index contributed by atoms with van der Waals surface area (Å²) in [5.41, 5.74) is 0.725. The molecule has 2 rings (SSSR count). The van der Waals surface area contributed by atoms with Crippen molar-refractivity contribution < 1.29 is 9.59 Å². The maximum Gasteiger partial charge on any atom is 0.272 e. The lowest BCUT2D eigenvalue weighted by molar-refractivity contribution is -0.105. The summed E-state index contributed by atoms with van der Waals surface area (Å²) in [6, 6.07) is 3.54. The highest BCUT2D eigenvalue weighted by Crippen LogP contribution is 2.36.